The molecule has 27 heavy (non-hydrogen) atoms. The van der Waals surface area contributed by atoms with Gasteiger partial charge in [0.15, 0.2) is 5.96 Å². The molecule has 0 unspecified atom stereocenters. The van der Waals surface area contributed by atoms with Crippen LogP contribution in [-0.4, -0.2) is 49.2 Å². The van der Waals surface area contributed by atoms with Gasteiger partial charge in [0.2, 0.25) is 0 Å². The minimum Gasteiger partial charge on any atom is -0.491 e. The highest BCUT2D eigenvalue weighted by molar-refractivity contribution is 14.0. The van der Waals surface area contributed by atoms with Gasteiger partial charge >= 0.3 is 0 Å². The fraction of sp³-hybridized carbons (Fsp3) is 0.667. The number of rotatable bonds is 8. The van der Waals surface area contributed by atoms with E-state index in [-0.39, 0.29) is 30.1 Å². The Kier molecular flexibility index (Phi) is 11.7. The maximum Gasteiger partial charge on any atom is 0.191 e. The molecule has 5 nitrogen and oxygen atoms in total. The van der Waals surface area contributed by atoms with Crippen LogP contribution in [0.1, 0.15) is 52.5 Å². The van der Waals surface area contributed by atoms with Crippen molar-refractivity contribution in [2.45, 2.75) is 65.6 Å². The lowest BCUT2D eigenvalue weighted by molar-refractivity contribution is 0.206. The van der Waals surface area contributed by atoms with Crippen LogP contribution < -0.4 is 15.4 Å². The molecule has 0 aliphatic carbocycles. The van der Waals surface area contributed by atoms with E-state index in [1.54, 1.807) is 0 Å². The number of hydrogen-bond donors (Lipinski definition) is 2. The van der Waals surface area contributed by atoms with E-state index in [0.29, 0.717) is 12.6 Å². The SMILES string of the molecule is CCCN1CCC(NC(=NCc2ccc(OC(C)C)cc2)NCC)CC1.I. The number of hydrogen-bond acceptors (Lipinski definition) is 3. The number of likely N-dealkylation sites (tertiary alicyclic amines) is 1. The van der Waals surface area contributed by atoms with Crippen molar-refractivity contribution in [3.8, 4) is 5.75 Å². The third-order valence-corrected chi connectivity index (χ3v) is 4.53. The Balaban J connectivity index is 0.00000364. The van der Waals surface area contributed by atoms with Gasteiger partial charge in [0, 0.05) is 25.7 Å². The number of nitrogens with zero attached hydrogens (tertiary/aromatic N) is 2. The number of guanidine groups is 1. The number of halogens is 1. The maximum absolute atomic E-state index is 5.70. The van der Waals surface area contributed by atoms with Gasteiger partial charge in [-0.15, -0.1) is 24.0 Å². The standard InChI is InChI=1S/C21H36N4O.HI/c1-5-13-25-14-11-19(12-15-25)24-21(22-6-2)23-16-18-7-9-20(10-8-18)26-17(3)4;/h7-10,17,19H,5-6,11-16H2,1-4H3,(H2,22,23,24);1H. The second-order valence-corrected chi connectivity index (χ2v) is 7.27. The first-order valence-corrected chi connectivity index (χ1v) is 10.1. The molecule has 1 heterocycles. The minimum atomic E-state index is 0. The summed E-state index contributed by atoms with van der Waals surface area (Å²) in [6.45, 7) is 13.6. The van der Waals surface area contributed by atoms with Crippen molar-refractivity contribution >= 4 is 29.9 Å². The molecule has 1 saturated heterocycles. The number of ether oxygens (including phenoxy) is 1. The van der Waals surface area contributed by atoms with Gasteiger partial charge in [0.25, 0.3) is 0 Å². The normalized spacial score (nSPS) is 16.1. The molecule has 0 saturated carbocycles. The molecule has 0 spiro atoms. The summed E-state index contributed by atoms with van der Waals surface area (Å²) < 4.78 is 5.70. The molecule has 1 fully saturated rings. The molecule has 1 aromatic carbocycles. The molecule has 1 aliphatic heterocycles. The van der Waals surface area contributed by atoms with E-state index in [9.17, 15) is 0 Å². The van der Waals surface area contributed by atoms with Crippen LogP contribution in [0.3, 0.4) is 0 Å². The quantitative estimate of drug-likeness (QED) is 0.330. The Morgan fingerprint density at radius 2 is 1.85 bits per heavy atom. The molecule has 2 rings (SSSR count). The molecule has 0 radical (unpaired) electrons. The number of benzene rings is 1. The second kappa shape index (κ2) is 13.2. The van der Waals surface area contributed by atoms with Crippen molar-refractivity contribution in [2.75, 3.05) is 26.2 Å². The largest absolute Gasteiger partial charge is 0.491 e. The summed E-state index contributed by atoms with van der Waals surface area (Å²) >= 11 is 0. The summed E-state index contributed by atoms with van der Waals surface area (Å²) in [6.07, 6.45) is 3.81. The van der Waals surface area contributed by atoms with Crippen LogP contribution in [0.4, 0.5) is 0 Å². The van der Waals surface area contributed by atoms with Crippen LogP contribution in [0.2, 0.25) is 0 Å². The molecular formula is C21H37IN4O. The summed E-state index contributed by atoms with van der Waals surface area (Å²) in [5.74, 6) is 1.83. The lowest BCUT2D eigenvalue weighted by Gasteiger charge is -2.32. The van der Waals surface area contributed by atoms with E-state index in [2.05, 4.69) is 41.5 Å². The predicted molar refractivity (Wildman–Crippen MR) is 125 cm³/mol. The van der Waals surface area contributed by atoms with Crippen LogP contribution in [0.15, 0.2) is 29.3 Å². The molecule has 0 bridgehead atoms. The maximum atomic E-state index is 5.70. The predicted octanol–water partition coefficient (Wildman–Crippen LogP) is 4.02. The lowest BCUT2D eigenvalue weighted by atomic mass is 10.1. The van der Waals surface area contributed by atoms with E-state index in [4.69, 9.17) is 9.73 Å². The van der Waals surface area contributed by atoms with E-state index in [1.165, 1.54) is 44.5 Å². The van der Waals surface area contributed by atoms with Crippen molar-refractivity contribution in [1.29, 1.82) is 0 Å². The first-order chi connectivity index (χ1) is 12.6. The van der Waals surface area contributed by atoms with Crippen molar-refractivity contribution < 1.29 is 4.74 Å². The average Bonchev–Trinajstić information content (AvgIpc) is 2.62. The van der Waals surface area contributed by atoms with Crippen molar-refractivity contribution in [1.82, 2.24) is 15.5 Å². The highest BCUT2D eigenvalue weighted by atomic mass is 127. The Morgan fingerprint density at radius 3 is 2.41 bits per heavy atom. The van der Waals surface area contributed by atoms with Gasteiger partial charge in [0.1, 0.15) is 5.75 Å². The molecular weight excluding hydrogens is 451 g/mol. The molecule has 2 N–H and O–H groups in total. The number of piperidine rings is 1. The van der Waals surface area contributed by atoms with Crippen molar-refractivity contribution in [2.24, 2.45) is 4.99 Å². The van der Waals surface area contributed by atoms with Crippen LogP contribution in [-0.2, 0) is 6.54 Å². The lowest BCUT2D eigenvalue weighted by Crippen LogP contribution is -2.48. The van der Waals surface area contributed by atoms with Gasteiger partial charge in [-0.25, -0.2) is 4.99 Å². The van der Waals surface area contributed by atoms with Gasteiger partial charge in [-0.05, 0) is 64.3 Å². The molecule has 154 valence electrons. The number of nitrogens with one attached hydrogen (secondary N) is 2. The first-order valence-electron chi connectivity index (χ1n) is 10.1. The van der Waals surface area contributed by atoms with Crippen LogP contribution in [0.5, 0.6) is 5.75 Å². The monoisotopic (exact) mass is 488 g/mol. The zero-order valence-corrected chi connectivity index (χ0v) is 19.7. The van der Waals surface area contributed by atoms with Gasteiger partial charge in [-0.2, -0.15) is 0 Å². The van der Waals surface area contributed by atoms with Crippen LogP contribution in [0.25, 0.3) is 0 Å². The minimum absolute atomic E-state index is 0. The van der Waals surface area contributed by atoms with Crippen molar-refractivity contribution in [3.05, 3.63) is 29.8 Å². The van der Waals surface area contributed by atoms with E-state index in [0.717, 1.165) is 18.3 Å². The molecule has 1 aromatic rings. The van der Waals surface area contributed by atoms with E-state index < -0.39 is 0 Å². The van der Waals surface area contributed by atoms with E-state index in [1.807, 2.05) is 26.0 Å². The first kappa shape index (κ1) is 24.0. The fourth-order valence-electron chi connectivity index (χ4n) is 3.25. The molecule has 0 amide bonds. The summed E-state index contributed by atoms with van der Waals surface area (Å²) in [4.78, 5) is 7.32. The van der Waals surface area contributed by atoms with Gasteiger partial charge < -0.3 is 20.3 Å². The Labute approximate surface area is 182 Å². The van der Waals surface area contributed by atoms with Crippen LogP contribution >= 0.6 is 24.0 Å². The molecule has 6 heteroatoms. The second-order valence-electron chi connectivity index (χ2n) is 7.27. The zero-order chi connectivity index (χ0) is 18.8. The molecule has 1 aliphatic rings. The highest BCUT2D eigenvalue weighted by Gasteiger charge is 2.19. The fourth-order valence-corrected chi connectivity index (χ4v) is 3.25. The highest BCUT2D eigenvalue weighted by Crippen LogP contribution is 2.14. The third kappa shape index (κ3) is 9.14. The summed E-state index contributed by atoms with van der Waals surface area (Å²) in [6, 6.07) is 8.74. The molecule has 0 atom stereocenters. The average molecular weight is 488 g/mol. The van der Waals surface area contributed by atoms with Gasteiger partial charge in [-0.1, -0.05) is 19.1 Å². The summed E-state index contributed by atoms with van der Waals surface area (Å²) in [7, 11) is 0. The smallest absolute Gasteiger partial charge is 0.191 e. The van der Waals surface area contributed by atoms with Gasteiger partial charge in [-0.3, -0.25) is 0 Å². The van der Waals surface area contributed by atoms with E-state index >= 15 is 0 Å². The summed E-state index contributed by atoms with van der Waals surface area (Å²) in [5, 5.41) is 6.99. The zero-order valence-electron chi connectivity index (χ0n) is 17.3. The van der Waals surface area contributed by atoms with Crippen LogP contribution in [0, 0.1) is 0 Å². The number of aliphatic imine (C=N–C) groups is 1. The third-order valence-electron chi connectivity index (χ3n) is 4.53. The summed E-state index contributed by atoms with van der Waals surface area (Å²) in [5.41, 5.74) is 1.19. The van der Waals surface area contributed by atoms with Gasteiger partial charge in [0.05, 0.1) is 12.6 Å². The van der Waals surface area contributed by atoms with Crippen molar-refractivity contribution in [3.63, 3.8) is 0 Å². The topological polar surface area (TPSA) is 48.9 Å². The Morgan fingerprint density at radius 1 is 1.19 bits per heavy atom. The Hall–Kier alpha value is -1.02. The Bertz CT molecular complexity index is 540. The molecule has 0 aromatic heterocycles.